The Morgan fingerprint density at radius 2 is 2.00 bits per heavy atom. The van der Waals surface area contributed by atoms with Gasteiger partial charge in [0.15, 0.2) is 0 Å². The van der Waals surface area contributed by atoms with Crippen LogP contribution in [0.3, 0.4) is 0 Å². The number of rotatable bonds is 1. The maximum atomic E-state index is 11.5. The lowest BCUT2D eigenvalue weighted by molar-refractivity contribution is 0.0439. The van der Waals surface area contributed by atoms with E-state index in [4.69, 9.17) is 10.5 Å². The molecule has 0 spiro atoms. The van der Waals surface area contributed by atoms with Crippen molar-refractivity contribution in [1.29, 1.82) is 0 Å². The van der Waals surface area contributed by atoms with Crippen molar-refractivity contribution in [2.45, 2.75) is 63.8 Å². The third-order valence-corrected chi connectivity index (χ3v) is 2.44. The van der Waals surface area contributed by atoms with E-state index >= 15 is 0 Å². The molecular formula is C11H22N2O3. The van der Waals surface area contributed by atoms with Crippen LogP contribution in [-0.4, -0.2) is 35.0 Å². The normalized spacial score (nSPS) is 30.9. The van der Waals surface area contributed by atoms with Gasteiger partial charge in [0.25, 0.3) is 0 Å². The van der Waals surface area contributed by atoms with Crippen LogP contribution in [0.25, 0.3) is 0 Å². The summed E-state index contributed by atoms with van der Waals surface area (Å²) in [6.45, 7) is 5.44. The van der Waals surface area contributed by atoms with Crippen LogP contribution >= 0.6 is 0 Å². The quantitative estimate of drug-likeness (QED) is 0.620. The average molecular weight is 230 g/mol. The van der Waals surface area contributed by atoms with Crippen LogP contribution in [0.5, 0.6) is 0 Å². The summed E-state index contributed by atoms with van der Waals surface area (Å²) in [5.74, 6) is 0. The summed E-state index contributed by atoms with van der Waals surface area (Å²) in [5, 5.41) is 12.3. The molecule has 1 rings (SSSR count). The topological polar surface area (TPSA) is 84.6 Å². The van der Waals surface area contributed by atoms with Crippen LogP contribution in [0, 0.1) is 0 Å². The fourth-order valence-electron chi connectivity index (χ4n) is 1.92. The molecule has 1 amide bonds. The molecule has 1 aliphatic carbocycles. The lowest BCUT2D eigenvalue weighted by atomic mass is 9.89. The molecule has 1 saturated carbocycles. The molecule has 1 fully saturated rings. The van der Waals surface area contributed by atoms with Gasteiger partial charge in [-0.3, -0.25) is 0 Å². The molecule has 0 unspecified atom stereocenters. The summed E-state index contributed by atoms with van der Waals surface area (Å²) in [6.07, 6.45) is 0.970. The van der Waals surface area contributed by atoms with Gasteiger partial charge >= 0.3 is 6.09 Å². The SMILES string of the molecule is CC(C)(C)OC(=O)N[C@@H]1C[C@H](N)C[C@@H](O)C1. The molecule has 0 saturated heterocycles. The molecule has 0 radical (unpaired) electrons. The summed E-state index contributed by atoms with van der Waals surface area (Å²) in [6, 6.07) is -0.141. The van der Waals surface area contributed by atoms with Gasteiger partial charge in [-0.25, -0.2) is 4.79 Å². The molecule has 0 aromatic heterocycles. The average Bonchev–Trinajstić information content (AvgIpc) is 1.96. The van der Waals surface area contributed by atoms with Gasteiger partial charge in [0, 0.05) is 12.1 Å². The lowest BCUT2D eigenvalue weighted by Crippen LogP contribution is -2.47. The van der Waals surface area contributed by atoms with Crippen molar-refractivity contribution in [1.82, 2.24) is 5.32 Å². The Labute approximate surface area is 96.3 Å². The fraction of sp³-hybridized carbons (Fsp3) is 0.909. The van der Waals surface area contributed by atoms with E-state index in [1.54, 1.807) is 0 Å². The van der Waals surface area contributed by atoms with E-state index in [0.717, 1.165) is 0 Å². The zero-order chi connectivity index (χ0) is 12.3. The zero-order valence-electron chi connectivity index (χ0n) is 10.2. The van der Waals surface area contributed by atoms with Gasteiger partial charge in [0.1, 0.15) is 5.60 Å². The van der Waals surface area contributed by atoms with E-state index in [1.807, 2.05) is 20.8 Å². The highest BCUT2D eigenvalue weighted by molar-refractivity contribution is 5.68. The molecule has 94 valence electrons. The molecule has 0 aliphatic heterocycles. The van der Waals surface area contributed by atoms with Crippen LogP contribution in [0.15, 0.2) is 0 Å². The molecule has 1 aliphatic rings. The van der Waals surface area contributed by atoms with Crippen molar-refractivity contribution in [2.24, 2.45) is 5.73 Å². The van der Waals surface area contributed by atoms with E-state index < -0.39 is 17.8 Å². The van der Waals surface area contributed by atoms with E-state index in [-0.39, 0.29) is 12.1 Å². The number of alkyl carbamates (subject to hydrolysis) is 1. The van der Waals surface area contributed by atoms with Crippen LogP contribution in [0.4, 0.5) is 4.79 Å². The highest BCUT2D eigenvalue weighted by Crippen LogP contribution is 2.18. The Morgan fingerprint density at radius 3 is 2.50 bits per heavy atom. The number of aliphatic hydroxyl groups excluding tert-OH is 1. The Hall–Kier alpha value is -0.810. The Balaban J connectivity index is 2.39. The lowest BCUT2D eigenvalue weighted by Gasteiger charge is -2.31. The van der Waals surface area contributed by atoms with Crippen molar-refractivity contribution in [2.75, 3.05) is 0 Å². The molecule has 3 atom stereocenters. The fourth-order valence-corrected chi connectivity index (χ4v) is 1.92. The first kappa shape index (κ1) is 13.3. The number of hydrogen-bond donors (Lipinski definition) is 3. The third-order valence-electron chi connectivity index (χ3n) is 2.44. The highest BCUT2D eigenvalue weighted by Gasteiger charge is 2.28. The van der Waals surface area contributed by atoms with E-state index in [1.165, 1.54) is 0 Å². The molecule has 0 aromatic carbocycles. The van der Waals surface area contributed by atoms with Crippen molar-refractivity contribution >= 4 is 6.09 Å². The minimum absolute atomic E-state index is 0.0521. The van der Waals surface area contributed by atoms with E-state index in [2.05, 4.69) is 5.32 Å². The first-order valence-corrected chi connectivity index (χ1v) is 5.69. The van der Waals surface area contributed by atoms with Gasteiger partial charge < -0.3 is 20.9 Å². The van der Waals surface area contributed by atoms with Crippen molar-refractivity contribution in [3.8, 4) is 0 Å². The summed E-state index contributed by atoms with van der Waals surface area (Å²) < 4.78 is 5.14. The first-order valence-electron chi connectivity index (χ1n) is 5.69. The number of nitrogens with two attached hydrogens (primary N) is 1. The van der Waals surface area contributed by atoms with E-state index in [0.29, 0.717) is 19.3 Å². The monoisotopic (exact) mass is 230 g/mol. The van der Waals surface area contributed by atoms with Crippen LogP contribution in [0.1, 0.15) is 40.0 Å². The summed E-state index contributed by atoms with van der Waals surface area (Å²) in [5.41, 5.74) is 5.27. The predicted octanol–water partition coefficient (Wildman–Crippen LogP) is 0.752. The minimum Gasteiger partial charge on any atom is -0.444 e. The molecule has 0 aromatic rings. The Bertz CT molecular complexity index is 240. The van der Waals surface area contributed by atoms with Gasteiger partial charge in [0.2, 0.25) is 0 Å². The molecule has 5 heteroatoms. The summed E-state index contributed by atoms with van der Waals surface area (Å²) in [7, 11) is 0. The molecular weight excluding hydrogens is 208 g/mol. The second kappa shape index (κ2) is 5.01. The van der Waals surface area contributed by atoms with Crippen LogP contribution in [0.2, 0.25) is 0 Å². The van der Waals surface area contributed by atoms with Crippen LogP contribution in [-0.2, 0) is 4.74 Å². The largest absolute Gasteiger partial charge is 0.444 e. The maximum absolute atomic E-state index is 11.5. The van der Waals surface area contributed by atoms with Crippen molar-refractivity contribution in [3.63, 3.8) is 0 Å². The second-order valence-corrected chi connectivity index (χ2v) is 5.46. The minimum atomic E-state index is -0.501. The first-order chi connectivity index (χ1) is 7.26. The molecule has 5 nitrogen and oxygen atoms in total. The van der Waals surface area contributed by atoms with Gasteiger partial charge in [-0.05, 0) is 40.0 Å². The zero-order valence-corrected chi connectivity index (χ0v) is 10.2. The van der Waals surface area contributed by atoms with Gasteiger partial charge in [-0.15, -0.1) is 0 Å². The predicted molar refractivity (Wildman–Crippen MR) is 61.0 cm³/mol. The number of nitrogens with one attached hydrogen (secondary N) is 1. The number of carbonyl (C=O) groups is 1. The molecule has 16 heavy (non-hydrogen) atoms. The smallest absolute Gasteiger partial charge is 0.407 e. The number of aliphatic hydroxyl groups is 1. The maximum Gasteiger partial charge on any atom is 0.407 e. The van der Waals surface area contributed by atoms with Gasteiger partial charge in [0.05, 0.1) is 6.10 Å². The van der Waals surface area contributed by atoms with Crippen molar-refractivity contribution < 1.29 is 14.6 Å². The number of hydrogen-bond acceptors (Lipinski definition) is 4. The third kappa shape index (κ3) is 4.81. The van der Waals surface area contributed by atoms with E-state index in [9.17, 15) is 9.90 Å². The number of carbonyl (C=O) groups excluding carboxylic acids is 1. The molecule has 4 N–H and O–H groups in total. The standard InChI is InChI=1S/C11H22N2O3/c1-11(2,3)16-10(15)13-8-4-7(12)5-9(14)6-8/h7-9,14H,4-6,12H2,1-3H3,(H,13,15)/t7-,8+,9+/m0/s1. The molecule has 0 heterocycles. The van der Waals surface area contributed by atoms with Gasteiger partial charge in [-0.2, -0.15) is 0 Å². The number of ether oxygens (including phenoxy) is 1. The molecule has 0 bridgehead atoms. The summed E-state index contributed by atoms with van der Waals surface area (Å²) in [4.78, 5) is 11.5. The highest BCUT2D eigenvalue weighted by atomic mass is 16.6. The Kier molecular flexibility index (Phi) is 4.15. The Morgan fingerprint density at radius 1 is 1.38 bits per heavy atom. The van der Waals surface area contributed by atoms with Gasteiger partial charge in [-0.1, -0.05) is 0 Å². The van der Waals surface area contributed by atoms with Crippen molar-refractivity contribution in [3.05, 3.63) is 0 Å². The number of amides is 1. The second-order valence-electron chi connectivity index (χ2n) is 5.46. The summed E-state index contributed by atoms with van der Waals surface area (Å²) >= 11 is 0. The van der Waals surface area contributed by atoms with Crippen LogP contribution < -0.4 is 11.1 Å².